The fourth-order valence-electron chi connectivity index (χ4n) is 2.60. The van der Waals surface area contributed by atoms with E-state index in [1.54, 1.807) is 0 Å². The molecule has 1 aromatic rings. The smallest absolute Gasteiger partial charge is 0.426 e. The van der Waals surface area contributed by atoms with E-state index in [1.165, 1.54) is 12.1 Å². The van der Waals surface area contributed by atoms with Crippen LogP contribution in [0.1, 0.15) is 32.3 Å². The van der Waals surface area contributed by atoms with Gasteiger partial charge in [0.05, 0.1) is 11.7 Å². The van der Waals surface area contributed by atoms with Gasteiger partial charge in [0, 0.05) is 12.0 Å². The van der Waals surface area contributed by atoms with E-state index in [1.807, 2.05) is 13.8 Å². The fourth-order valence-corrected chi connectivity index (χ4v) is 2.60. The van der Waals surface area contributed by atoms with Crippen molar-refractivity contribution in [3.63, 3.8) is 0 Å². The Labute approximate surface area is 154 Å². The van der Waals surface area contributed by atoms with E-state index < -0.39 is 37.2 Å². The molecule has 2 unspecified atom stereocenters. The first-order valence-corrected chi connectivity index (χ1v) is 8.30. The number of ether oxygens (including phenoxy) is 1. The Morgan fingerprint density at radius 3 is 2.74 bits per heavy atom. The van der Waals surface area contributed by atoms with Gasteiger partial charge in [-0.15, -0.1) is 13.2 Å². The van der Waals surface area contributed by atoms with Crippen LogP contribution in [0.15, 0.2) is 29.4 Å². The first kappa shape index (κ1) is 21.0. The Morgan fingerprint density at radius 2 is 2.15 bits per heavy atom. The number of oxime groups is 1. The van der Waals surface area contributed by atoms with E-state index in [0.29, 0.717) is 12.0 Å². The van der Waals surface area contributed by atoms with Crippen molar-refractivity contribution in [1.82, 2.24) is 5.32 Å². The summed E-state index contributed by atoms with van der Waals surface area (Å²) in [4.78, 5) is 17.3. The van der Waals surface area contributed by atoms with Crippen molar-refractivity contribution in [3.05, 3.63) is 29.8 Å². The second kappa shape index (κ2) is 8.62. The van der Waals surface area contributed by atoms with Crippen LogP contribution < -0.4 is 10.1 Å². The molecule has 2 atom stereocenters. The van der Waals surface area contributed by atoms with Gasteiger partial charge in [-0.3, -0.25) is 4.79 Å². The van der Waals surface area contributed by atoms with Crippen LogP contribution in [0.4, 0.5) is 13.2 Å². The number of amides is 1. The average molecular weight is 388 g/mol. The maximum absolute atomic E-state index is 12.3. The Balaban J connectivity index is 1.99. The van der Waals surface area contributed by atoms with Crippen LogP contribution in [-0.2, 0) is 9.63 Å². The van der Waals surface area contributed by atoms with Gasteiger partial charge in [0.15, 0.2) is 0 Å². The van der Waals surface area contributed by atoms with Crippen molar-refractivity contribution in [1.29, 1.82) is 0 Å². The summed E-state index contributed by atoms with van der Waals surface area (Å²) in [6, 6.07) is 5.18. The number of alkyl halides is 3. The summed E-state index contributed by atoms with van der Waals surface area (Å²) in [5, 5.41) is 25.0. The van der Waals surface area contributed by atoms with Crippen molar-refractivity contribution < 1.29 is 37.6 Å². The van der Waals surface area contributed by atoms with Crippen LogP contribution in [0.3, 0.4) is 0 Å². The molecule has 0 bridgehead atoms. The standard InChI is InChI=1S/C16H20BF3N2O5/c1-9(2)6-14(17(24)25)21-15(23)13-8-12(22-27-13)10-4-3-5-11(7-10)26-16(18,19)20/h3-5,7,9,13-14,24-25H,6,8H2,1-2H3,(H,21,23). The van der Waals surface area contributed by atoms with E-state index in [-0.39, 0.29) is 18.1 Å². The lowest BCUT2D eigenvalue weighted by atomic mass is 9.75. The molecule has 1 aliphatic heterocycles. The second-order valence-electron chi connectivity index (χ2n) is 6.57. The molecule has 7 nitrogen and oxygen atoms in total. The predicted octanol–water partition coefficient (Wildman–Crippen LogP) is 1.62. The molecule has 27 heavy (non-hydrogen) atoms. The maximum Gasteiger partial charge on any atom is 0.573 e. The predicted molar refractivity (Wildman–Crippen MR) is 90.7 cm³/mol. The summed E-state index contributed by atoms with van der Waals surface area (Å²) >= 11 is 0. The summed E-state index contributed by atoms with van der Waals surface area (Å²) in [7, 11) is -1.73. The third-order valence-corrected chi connectivity index (χ3v) is 3.78. The number of carbonyl (C=O) groups is 1. The number of nitrogens with zero attached hydrogens (tertiary/aromatic N) is 1. The highest BCUT2D eigenvalue weighted by Crippen LogP contribution is 2.25. The van der Waals surface area contributed by atoms with Crippen molar-refractivity contribution >= 4 is 18.7 Å². The van der Waals surface area contributed by atoms with E-state index >= 15 is 0 Å². The Hall–Kier alpha value is -2.27. The SMILES string of the molecule is CC(C)CC(NC(=O)C1CC(c2cccc(OC(F)(F)F)c2)=NO1)B(O)O. The molecule has 0 saturated heterocycles. The summed E-state index contributed by atoms with van der Waals surface area (Å²) in [6.07, 6.45) is -5.45. The molecule has 0 fully saturated rings. The molecule has 0 aliphatic carbocycles. The summed E-state index contributed by atoms with van der Waals surface area (Å²) < 4.78 is 40.8. The largest absolute Gasteiger partial charge is 0.573 e. The molecule has 3 N–H and O–H groups in total. The van der Waals surface area contributed by atoms with Crippen LogP contribution in [0.25, 0.3) is 0 Å². The van der Waals surface area contributed by atoms with E-state index in [4.69, 9.17) is 4.84 Å². The highest BCUT2D eigenvalue weighted by atomic mass is 19.4. The molecule has 2 rings (SSSR count). The number of nitrogens with one attached hydrogen (secondary N) is 1. The van der Waals surface area contributed by atoms with Crippen molar-refractivity contribution in [2.75, 3.05) is 0 Å². The Morgan fingerprint density at radius 1 is 1.44 bits per heavy atom. The highest BCUT2D eigenvalue weighted by molar-refractivity contribution is 6.43. The Bertz CT molecular complexity index is 697. The van der Waals surface area contributed by atoms with Gasteiger partial charge in [-0.05, 0) is 24.5 Å². The molecule has 11 heteroatoms. The lowest BCUT2D eigenvalue weighted by Gasteiger charge is -2.20. The molecule has 148 valence electrons. The number of benzene rings is 1. The molecule has 0 radical (unpaired) electrons. The van der Waals surface area contributed by atoms with E-state index in [2.05, 4.69) is 15.2 Å². The second-order valence-corrected chi connectivity index (χ2v) is 6.57. The molecule has 0 spiro atoms. The summed E-state index contributed by atoms with van der Waals surface area (Å²) in [5.41, 5.74) is 0.612. The van der Waals surface area contributed by atoms with Crippen molar-refractivity contribution in [2.45, 2.75) is 45.1 Å². The minimum absolute atomic E-state index is 0.0250. The van der Waals surface area contributed by atoms with Gasteiger partial charge >= 0.3 is 13.5 Å². The minimum atomic E-state index is -4.81. The van der Waals surface area contributed by atoms with Crippen LogP contribution >= 0.6 is 0 Å². The number of carbonyl (C=O) groups excluding carboxylic acids is 1. The summed E-state index contributed by atoms with van der Waals surface area (Å²) in [6.45, 7) is 3.73. The Kier molecular flexibility index (Phi) is 6.71. The average Bonchev–Trinajstić information content (AvgIpc) is 3.02. The van der Waals surface area contributed by atoms with Crippen LogP contribution in [-0.4, -0.2) is 47.2 Å². The monoisotopic (exact) mass is 388 g/mol. The van der Waals surface area contributed by atoms with Gasteiger partial charge < -0.3 is 24.9 Å². The van der Waals surface area contributed by atoms with Crippen LogP contribution in [0, 0.1) is 5.92 Å². The van der Waals surface area contributed by atoms with Gasteiger partial charge in [0.25, 0.3) is 5.91 Å². The van der Waals surface area contributed by atoms with Crippen LogP contribution in [0.2, 0.25) is 0 Å². The number of halogens is 3. The fraction of sp³-hybridized carbons (Fsp3) is 0.500. The zero-order valence-corrected chi connectivity index (χ0v) is 14.7. The first-order chi connectivity index (χ1) is 12.5. The molecule has 0 aromatic heterocycles. The first-order valence-electron chi connectivity index (χ1n) is 8.30. The third kappa shape index (κ3) is 6.44. The van der Waals surface area contributed by atoms with Gasteiger partial charge in [-0.25, -0.2) is 0 Å². The van der Waals surface area contributed by atoms with E-state index in [0.717, 1.165) is 12.1 Å². The maximum atomic E-state index is 12.3. The highest BCUT2D eigenvalue weighted by Gasteiger charge is 2.34. The van der Waals surface area contributed by atoms with Gasteiger partial charge in [0.1, 0.15) is 5.75 Å². The van der Waals surface area contributed by atoms with E-state index in [9.17, 15) is 28.0 Å². The normalized spacial score (nSPS) is 17.9. The molecular formula is C16H20BF3N2O5. The summed E-state index contributed by atoms with van der Waals surface area (Å²) in [5.74, 6) is -1.75. The van der Waals surface area contributed by atoms with Crippen molar-refractivity contribution in [3.8, 4) is 5.75 Å². The number of hydrogen-bond acceptors (Lipinski definition) is 6. The van der Waals surface area contributed by atoms with Crippen molar-refractivity contribution in [2.24, 2.45) is 11.1 Å². The lowest BCUT2D eigenvalue weighted by Crippen LogP contribution is -2.50. The molecule has 1 aliphatic rings. The van der Waals surface area contributed by atoms with Gasteiger partial charge in [-0.2, -0.15) is 0 Å². The zero-order valence-electron chi connectivity index (χ0n) is 14.7. The minimum Gasteiger partial charge on any atom is -0.426 e. The third-order valence-electron chi connectivity index (χ3n) is 3.78. The molecule has 0 saturated carbocycles. The number of hydrogen-bond donors (Lipinski definition) is 3. The zero-order chi connectivity index (χ0) is 20.2. The number of rotatable bonds is 7. The topological polar surface area (TPSA) is 100 Å². The van der Waals surface area contributed by atoms with Crippen LogP contribution in [0.5, 0.6) is 5.75 Å². The molecule has 1 amide bonds. The molecule has 1 aromatic carbocycles. The quantitative estimate of drug-likeness (QED) is 0.617. The molecular weight excluding hydrogens is 368 g/mol. The lowest BCUT2D eigenvalue weighted by molar-refractivity contribution is -0.274. The van der Waals surface area contributed by atoms with Gasteiger partial charge in [-0.1, -0.05) is 31.1 Å². The van der Waals surface area contributed by atoms with Gasteiger partial charge in [0.2, 0.25) is 6.10 Å². The molecule has 1 heterocycles.